The fourth-order valence-corrected chi connectivity index (χ4v) is 5.16. The van der Waals surface area contributed by atoms with Crippen LogP contribution in [0, 0.1) is 6.92 Å². The molecule has 0 fully saturated rings. The number of hydrogen-bond acceptors (Lipinski definition) is 6. The average molecular weight is 528 g/mol. The van der Waals surface area contributed by atoms with E-state index >= 15 is 0 Å². The highest BCUT2D eigenvalue weighted by Crippen LogP contribution is 2.30. The van der Waals surface area contributed by atoms with E-state index in [2.05, 4.69) is 42.5 Å². The van der Waals surface area contributed by atoms with Gasteiger partial charge in [0.15, 0.2) is 5.82 Å². The SMILES string of the molecule is Cc1cccc2cc([C@@H](c3nnnn3Cc3ccccc3)N(Cc3ccccc3)Cc3cccnc3)c(=O)[nH]c12. The maximum Gasteiger partial charge on any atom is 0.253 e. The molecule has 0 saturated carbocycles. The van der Waals surface area contributed by atoms with Gasteiger partial charge in [0.05, 0.1) is 12.1 Å². The first-order valence-corrected chi connectivity index (χ1v) is 13.2. The Morgan fingerprint density at radius 2 is 1.57 bits per heavy atom. The zero-order valence-electron chi connectivity index (χ0n) is 22.2. The van der Waals surface area contributed by atoms with Crippen molar-refractivity contribution in [3.63, 3.8) is 0 Å². The van der Waals surface area contributed by atoms with Crippen molar-refractivity contribution in [2.45, 2.75) is 32.6 Å². The van der Waals surface area contributed by atoms with Gasteiger partial charge in [-0.05, 0) is 57.1 Å². The quantitative estimate of drug-likeness (QED) is 0.283. The molecule has 40 heavy (non-hydrogen) atoms. The molecule has 6 aromatic rings. The van der Waals surface area contributed by atoms with Crippen LogP contribution in [-0.4, -0.2) is 35.1 Å². The molecule has 8 heteroatoms. The molecule has 0 aliphatic carbocycles. The zero-order valence-corrected chi connectivity index (χ0v) is 22.2. The maximum atomic E-state index is 13.8. The minimum absolute atomic E-state index is 0.162. The monoisotopic (exact) mass is 527 g/mol. The molecule has 0 radical (unpaired) electrons. The van der Waals surface area contributed by atoms with E-state index in [1.807, 2.05) is 98.0 Å². The number of aromatic nitrogens is 6. The molecule has 0 unspecified atom stereocenters. The lowest BCUT2D eigenvalue weighted by atomic mass is 10.0. The van der Waals surface area contributed by atoms with Crippen LogP contribution in [-0.2, 0) is 19.6 Å². The fourth-order valence-electron chi connectivity index (χ4n) is 5.16. The number of fused-ring (bicyclic) bond motifs is 1. The summed E-state index contributed by atoms with van der Waals surface area (Å²) in [5, 5.41) is 13.9. The van der Waals surface area contributed by atoms with Crippen molar-refractivity contribution in [2.24, 2.45) is 0 Å². The van der Waals surface area contributed by atoms with Crippen molar-refractivity contribution in [3.8, 4) is 0 Å². The third kappa shape index (κ3) is 5.43. The molecule has 0 aliphatic rings. The Morgan fingerprint density at radius 3 is 2.33 bits per heavy atom. The van der Waals surface area contributed by atoms with Crippen molar-refractivity contribution in [2.75, 3.05) is 0 Å². The Bertz CT molecular complexity index is 1720. The van der Waals surface area contributed by atoms with E-state index in [0.29, 0.717) is 31.0 Å². The number of aromatic amines is 1. The predicted molar refractivity (Wildman–Crippen MR) is 154 cm³/mol. The molecule has 0 saturated heterocycles. The molecule has 3 heterocycles. The van der Waals surface area contributed by atoms with Crippen LogP contribution < -0.4 is 5.56 Å². The van der Waals surface area contributed by atoms with E-state index in [1.165, 1.54) is 0 Å². The van der Waals surface area contributed by atoms with Gasteiger partial charge in [0.2, 0.25) is 0 Å². The number of benzene rings is 3. The number of hydrogen-bond donors (Lipinski definition) is 1. The van der Waals surface area contributed by atoms with Crippen LogP contribution >= 0.6 is 0 Å². The lowest BCUT2D eigenvalue weighted by Crippen LogP contribution is -2.35. The minimum Gasteiger partial charge on any atom is -0.321 e. The molecular formula is C32H29N7O. The number of aryl methyl sites for hydroxylation is 1. The highest BCUT2D eigenvalue weighted by atomic mass is 16.1. The van der Waals surface area contributed by atoms with Crippen LogP contribution in [0.2, 0.25) is 0 Å². The number of H-pyrrole nitrogens is 1. The van der Waals surface area contributed by atoms with Crippen molar-refractivity contribution in [1.29, 1.82) is 0 Å². The maximum absolute atomic E-state index is 13.8. The van der Waals surface area contributed by atoms with Crippen LogP contribution in [0.25, 0.3) is 10.9 Å². The van der Waals surface area contributed by atoms with Gasteiger partial charge in [-0.2, -0.15) is 0 Å². The summed E-state index contributed by atoms with van der Waals surface area (Å²) in [7, 11) is 0. The Kier molecular flexibility index (Phi) is 7.24. The molecule has 0 bridgehead atoms. The molecule has 198 valence electrons. The topological polar surface area (TPSA) is 92.6 Å². The van der Waals surface area contributed by atoms with Gasteiger partial charge in [-0.25, -0.2) is 4.68 Å². The molecular weight excluding hydrogens is 498 g/mol. The second-order valence-electron chi connectivity index (χ2n) is 9.93. The van der Waals surface area contributed by atoms with E-state index in [-0.39, 0.29) is 5.56 Å². The van der Waals surface area contributed by atoms with Gasteiger partial charge in [0.25, 0.3) is 5.56 Å². The molecule has 1 atom stereocenters. The van der Waals surface area contributed by atoms with Crippen LogP contribution in [0.3, 0.4) is 0 Å². The lowest BCUT2D eigenvalue weighted by molar-refractivity contribution is 0.194. The number of nitrogens with one attached hydrogen (secondary N) is 1. The second-order valence-corrected chi connectivity index (χ2v) is 9.93. The van der Waals surface area contributed by atoms with Crippen molar-refractivity contribution >= 4 is 10.9 Å². The summed E-state index contributed by atoms with van der Waals surface area (Å²) in [6.07, 6.45) is 3.62. The van der Waals surface area contributed by atoms with E-state index in [1.54, 1.807) is 10.9 Å². The van der Waals surface area contributed by atoms with E-state index in [9.17, 15) is 4.79 Å². The van der Waals surface area contributed by atoms with Crippen LogP contribution in [0.15, 0.2) is 114 Å². The van der Waals surface area contributed by atoms with Gasteiger partial charge in [0.1, 0.15) is 6.04 Å². The van der Waals surface area contributed by atoms with E-state index in [0.717, 1.165) is 33.2 Å². The largest absolute Gasteiger partial charge is 0.321 e. The van der Waals surface area contributed by atoms with Crippen LogP contribution in [0.1, 0.15) is 39.7 Å². The number of para-hydroxylation sites is 1. The number of rotatable bonds is 9. The molecule has 0 amide bonds. The molecule has 0 spiro atoms. The molecule has 8 nitrogen and oxygen atoms in total. The summed E-state index contributed by atoms with van der Waals surface area (Å²) in [5.74, 6) is 0.598. The van der Waals surface area contributed by atoms with Gasteiger partial charge in [-0.3, -0.25) is 14.7 Å². The van der Waals surface area contributed by atoms with Gasteiger partial charge >= 0.3 is 0 Å². The van der Waals surface area contributed by atoms with Gasteiger partial charge in [-0.1, -0.05) is 84.9 Å². The highest BCUT2D eigenvalue weighted by molar-refractivity contribution is 5.82. The Hall–Kier alpha value is -4.95. The summed E-state index contributed by atoms with van der Waals surface area (Å²) < 4.78 is 1.79. The lowest BCUT2D eigenvalue weighted by Gasteiger charge is -2.31. The minimum atomic E-state index is -0.534. The molecule has 3 aromatic carbocycles. The fraction of sp³-hybridized carbons (Fsp3) is 0.156. The third-order valence-electron chi connectivity index (χ3n) is 7.09. The Labute approximate surface area is 232 Å². The smallest absolute Gasteiger partial charge is 0.253 e. The summed E-state index contributed by atoms with van der Waals surface area (Å²) in [5.41, 5.74) is 5.49. The normalized spacial score (nSPS) is 12.2. The highest BCUT2D eigenvalue weighted by Gasteiger charge is 2.31. The molecule has 3 aromatic heterocycles. The van der Waals surface area contributed by atoms with E-state index < -0.39 is 6.04 Å². The van der Waals surface area contributed by atoms with Gasteiger partial charge < -0.3 is 4.98 Å². The molecule has 1 N–H and O–H groups in total. The van der Waals surface area contributed by atoms with Crippen molar-refractivity contribution < 1.29 is 0 Å². The first kappa shape index (κ1) is 25.3. The van der Waals surface area contributed by atoms with Gasteiger partial charge in [0, 0.05) is 31.0 Å². The number of nitrogens with zero attached hydrogens (tertiary/aromatic N) is 6. The first-order chi connectivity index (χ1) is 19.7. The second kappa shape index (κ2) is 11.4. The molecule has 0 aliphatic heterocycles. The molecule has 6 rings (SSSR count). The zero-order chi connectivity index (χ0) is 27.3. The van der Waals surface area contributed by atoms with E-state index in [4.69, 9.17) is 0 Å². The first-order valence-electron chi connectivity index (χ1n) is 13.2. The summed E-state index contributed by atoms with van der Waals surface area (Å²) >= 11 is 0. The van der Waals surface area contributed by atoms with Crippen LogP contribution in [0.4, 0.5) is 0 Å². The van der Waals surface area contributed by atoms with Crippen molar-refractivity contribution in [1.82, 2.24) is 35.1 Å². The summed E-state index contributed by atoms with van der Waals surface area (Å²) in [6, 6.07) is 31.8. The van der Waals surface area contributed by atoms with Crippen LogP contribution in [0.5, 0.6) is 0 Å². The van der Waals surface area contributed by atoms with Crippen molar-refractivity contribution in [3.05, 3.63) is 153 Å². The standard InChI is InChI=1S/C32H29N7O/c1-23-10-8-16-27-18-28(32(40)34-29(23)27)30(31-35-36-37-39(31)22-25-13-6-3-7-14-25)38(20-24-11-4-2-5-12-24)21-26-15-9-17-33-19-26/h2-19,30H,20-22H2,1H3,(H,34,40)/t30-/m0/s1. The predicted octanol–water partition coefficient (Wildman–Crippen LogP) is 5.06. The summed E-state index contributed by atoms with van der Waals surface area (Å²) in [4.78, 5) is 23.6. The number of tetrazole rings is 1. The summed E-state index contributed by atoms with van der Waals surface area (Å²) in [6.45, 7) is 3.59. The Balaban J connectivity index is 1.53. The average Bonchev–Trinajstić information content (AvgIpc) is 3.43. The third-order valence-corrected chi connectivity index (χ3v) is 7.09. The van der Waals surface area contributed by atoms with Gasteiger partial charge in [-0.15, -0.1) is 5.10 Å². The number of pyridine rings is 2. The Morgan fingerprint density at radius 1 is 0.850 bits per heavy atom.